The molecule has 1 aromatic carbocycles. The van der Waals surface area contributed by atoms with Gasteiger partial charge in [0.2, 0.25) is 6.10 Å². The largest absolute Gasteiger partial charge is 0.482 e. The number of amides is 1. The lowest BCUT2D eigenvalue weighted by molar-refractivity contribution is -0.160. The van der Waals surface area contributed by atoms with Crippen LogP contribution in [0.1, 0.15) is 19.8 Å². The number of ether oxygens (including phenoxy) is 3. The summed E-state index contributed by atoms with van der Waals surface area (Å²) in [4.78, 5) is 23.5. The van der Waals surface area contributed by atoms with Crippen LogP contribution >= 0.6 is 0 Å². The number of hydrogen-bond donors (Lipinski definition) is 1. The average Bonchev–Trinajstić information content (AvgIpc) is 3.28. The Labute approximate surface area is 122 Å². The summed E-state index contributed by atoms with van der Waals surface area (Å²) in [6.07, 6.45) is 0.646. The molecule has 1 amide bonds. The highest BCUT2D eigenvalue weighted by Crippen LogP contribution is 2.33. The lowest BCUT2D eigenvalue weighted by atomic mass is 10.2. The van der Waals surface area contributed by atoms with Crippen LogP contribution in [0.15, 0.2) is 24.3 Å². The molecule has 0 aromatic heterocycles. The topological polar surface area (TPSA) is 73.9 Å². The first kappa shape index (κ1) is 13.7. The number of rotatable bonds is 4. The Morgan fingerprint density at radius 2 is 1.90 bits per heavy atom. The fraction of sp³-hybridized carbons (Fsp3) is 0.467. The van der Waals surface area contributed by atoms with Crippen LogP contribution in [-0.4, -0.2) is 36.7 Å². The van der Waals surface area contributed by atoms with Gasteiger partial charge < -0.3 is 19.5 Å². The third-order valence-corrected chi connectivity index (χ3v) is 3.36. The second-order valence-corrected chi connectivity index (χ2v) is 5.26. The molecule has 1 aliphatic heterocycles. The molecule has 0 saturated heterocycles. The lowest BCUT2D eigenvalue weighted by Crippen LogP contribution is -2.45. The lowest BCUT2D eigenvalue weighted by Gasteiger charge is -2.30. The molecule has 1 saturated carbocycles. The van der Waals surface area contributed by atoms with Gasteiger partial charge in [-0.1, -0.05) is 12.1 Å². The molecular weight excluding hydrogens is 274 g/mol. The van der Waals surface area contributed by atoms with Crippen molar-refractivity contribution in [3.05, 3.63) is 24.3 Å². The Hall–Kier alpha value is -2.24. The van der Waals surface area contributed by atoms with E-state index >= 15 is 0 Å². The summed E-state index contributed by atoms with van der Waals surface area (Å²) in [5.41, 5.74) is 0. The zero-order valence-corrected chi connectivity index (χ0v) is 11.7. The van der Waals surface area contributed by atoms with E-state index in [1.807, 2.05) is 6.07 Å². The summed E-state index contributed by atoms with van der Waals surface area (Å²) in [6.45, 7) is 1.44. The van der Waals surface area contributed by atoms with Gasteiger partial charge in [-0.15, -0.1) is 0 Å². The SMILES string of the molecule is C[C@@H]1Oc2ccccc2O[C@H]1C(=O)OCC(=O)NC1CC1. The van der Waals surface area contributed by atoms with Gasteiger partial charge in [-0.3, -0.25) is 4.79 Å². The molecule has 0 unspecified atom stereocenters. The summed E-state index contributed by atoms with van der Waals surface area (Å²) in [7, 11) is 0. The molecule has 0 bridgehead atoms. The Morgan fingerprint density at radius 1 is 1.24 bits per heavy atom. The van der Waals surface area contributed by atoms with E-state index in [0.717, 1.165) is 12.8 Å². The number of hydrogen-bond acceptors (Lipinski definition) is 5. The number of carbonyl (C=O) groups excluding carboxylic acids is 2. The van der Waals surface area contributed by atoms with Gasteiger partial charge >= 0.3 is 5.97 Å². The quantitative estimate of drug-likeness (QED) is 0.839. The molecule has 1 heterocycles. The van der Waals surface area contributed by atoms with Gasteiger partial charge in [-0.2, -0.15) is 0 Å². The number of para-hydroxylation sites is 2. The van der Waals surface area contributed by atoms with Crippen LogP contribution in [0.2, 0.25) is 0 Å². The van der Waals surface area contributed by atoms with Crippen LogP contribution in [0.3, 0.4) is 0 Å². The highest BCUT2D eigenvalue weighted by atomic mass is 16.6. The fourth-order valence-corrected chi connectivity index (χ4v) is 2.10. The predicted octanol–water partition coefficient (Wildman–Crippen LogP) is 1.04. The van der Waals surface area contributed by atoms with Crippen molar-refractivity contribution in [1.82, 2.24) is 5.32 Å². The molecular formula is C15H17NO5. The Bertz CT molecular complexity index is 555. The van der Waals surface area contributed by atoms with Gasteiger partial charge in [0, 0.05) is 6.04 Å². The first-order valence-corrected chi connectivity index (χ1v) is 7.02. The summed E-state index contributed by atoms with van der Waals surface area (Å²) in [5, 5.41) is 2.75. The zero-order chi connectivity index (χ0) is 14.8. The van der Waals surface area contributed by atoms with Crippen LogP contribution in [0.25, 0.3) is 0 Å². The summed E-state index contributed by atoms with van der Waals surface area (Å²) < 4.78 is 16.2. The maximum Gasteiger partial charge on any atom is 0.351 e. The maximum atomic E-state index is 12.0. The molecule has 1 N–H and O–H groups in total. The average molecular weight is 291 g/mol. The van der Waals surface area contributed by atoms with Crippen LogP contribution in [-0.2, 0) is 14.3 Å². The third kappa shape index (κ3) is 3.26. The highest BCUT2D eigenvalue weighted by molar-refractivity contribution is 5.83. The van der Waals surface area contributed by atoms with Gasteiger partial charge in [0.05, 0.1) is 0 Å². The fourth-order valence-electron chi connectivity index (χ4n) is 2.10. The van der Waals surface area contributed by atoms with Gasteiger partial charge in [0.1, 0.15) is 6.10 Å². The van der Waals surface area contributed by atoms with Gasteiger partial charge in [0.25, 0.3) is 5.91 Å². The maximum absolute atomic E-state index is 12.0. The van der Waals surface area contributed by atoms with Crippen molar-refractivity contribution >= 4 is 11.9 Å². The molecule has 2 atom stereocenters. The smallest absolute Gasteiger partial charge is 0.351 e. The number of fused-ring (bicyclic) bond motifs is 1. The first-order chi connectivity index (χ1) is 10.1. The molecule has 6 heteroatoms. The Kier molecular flexibility index (Phi) is 3.68. The molecule has 1 aliphatic carbocycles. The van der Waals surface area contributed by atoms with Crippen LogP contribution in [0.5, 0.6) is 11.5 Å². The number of nitrogens with one attached hydrogen (secondary N) is 1. The van der Waals surface area contributed by atoms with Gasteiger partial charge in [0.15, 0.2) is 18.1 Å². The number of esters is 1. The second kappa shape index (κ2) is 5.63. The van der Waals surface area contributed by atoms with Gasteiger partial charge in [-0.25, -0.2) is 4.79 Å². The van der Waals surface area contributed by atoms with E-state index in [1.54, 1.807) is 25.1 Å². The van der Waals surface area contributed by atoms with Crippen molar-refractivity contribution in [2.45, 2.75) is 38.0 Å². The van der Waals surface area contributed by atoms with Crippen LogP contribution in [0.4, 0.5) is 0 Å². The van der Waals surface area contributed by atoms with Crippen molar-refractivity contribution in [2.24, 2.45) is 0 Å². The molecule has 112 valence electrons. The second-order valence-electron chi connectivity index (χ2n) is 5.26. The van der Waals surface area contributed by atoms with E-state index in [9.17, 15) is 9.59 Å². The summed E-state index contributed by atoms with van der Waals surface area (Å²) in [5.74, 6) is 0.221. The Morgan fingerprint density at radius 3 is 2.57 bits per heavy atom. The van der Waals surface area contributed by atoms with E-state index in [2.05, 4.69) is 5.32 Å². The molecule has 0 radical (unpaired) electrons. The molecule has 3 rings (SSSR count). The van der Waals surface area contributed by atoms with Crippen LogP contribution < -0.4 is 14.8 Å². The van der Waals surface area contributed by atoms with E-state index < -0.39 is 18.2 Å². The molecule has 0 spiro atoms. The molecule has 2 aliphatic rings. The first-order valence-electron chi connectivity index (χ1n) is 7.02. The Balaban J connectivity index is 1.55. The van der Waals surface area contributed by atoms with Crippen LogP contribution in [0, 0.1) is 0 Å². The van der Waals surface area contributed by atoms with E-state index in [1.165, 1.54) is 0 Å². The zero-order valence-electron chi connectivity index (χ0n) is 11.7. The minimum Gasteiger partial charge on any atom is -0.482 e. The summed E-state index contributed by atoms with van der Waals surface area (Å²) in [6, 6.07) is 7.37. The monoisotopic (exact) mass is 291 g/mol. The minimum absolute atomic E-state index is 0.247. The van der Waals surface area contributed by atoms with E-state index in [0.29, 0.717) is 11.5 Å². The summed E-state index contributed by atoms with van der Waals surface area (Å²) >= 11 is 0. The normalized spacial score (nSPS) is 23.3. The van der Waals surface area contributed by atoms with Crippen molar-refractivity contribution in [3.63, 3.8) is 0 Å². The molecule has 1 fully saturated rings. The standard InChI is InChI=1S/C15H17NO5/c1-9-14(21-12-5-3-2-4-11(12)20-9)15(18)19-8-13(17)16-10-6-7-10/h2-5,9-10,14H,6-8H2,1H3,(H,16,17)/t9-,14+/m0/s1. The van der Waals surface area contributed by atoms with E-state index in [4.69, 9.17) is 14.2 Å². The predicted molar refractivity (Wildman–Crippen MR) is 73.1 cm³/mol. The number of carbonyl (C=O) groups is 2. The molecule has 1 aromatic rings. The highest BCUT2D eigenvalue weighted by Gasteiger charge is 2.35. The van der Waals surface area contributed by atoms with Crippen molar-refractivity contribution in [3.8, 4) is 11.5 Å². The van der Waals surface area contributed by atoms with Gasteiger partial charge in [-0.05, 0) is 31.9 Å². The molecule has 6 nitrogen and oxygen atoms in total. The van der Waals surface area contributed by atoms with Crippen molar-refractivity contribution in [1.29, 1.82) is 0 Å². The third-order valence-electron chi connectivity index (χ3n) is 3.36. The van der Waals surface area contributed by atoms with Crippen molar-refractivity contribution in [2.75, 3.05) is 6.61 Å². The number of benzene rings is 1. The minimum atomic E-state index is -0.867. The van der Waals surface area contributed by atoms with Crippen molar-refractivity contribution < 1.29 is 23.8 Å². The molecule has 21 heavy (non-hydrogen) atoms. The van der Waals surface area contributed by atoms with E-state index in [-0.39, 0.29) is 18.6 Å².